The van der Waals surface area contributed by atoms with E-state index < -0.39 is 5.97 Å². The minimum atomic E-state index is -0.641. The molecule has 0 spiro atoms. The van der Waals surface area contributed by atoms with Gasteiger partial charge in [-0.2, -0.15) is 0 Å². The number of carbonyl (C=O) groups is 3. The smallest absolute Gasteiger partial charge is 0.333 e. The van der Waals surface area contributed by atoms with Gasteiger partial charge in [0, 0.05) is 25.1 Å². The zero-order chi connectivity index (χ0) is 23.0. The van der Waals surface area contributed by atoms with Crippen molar-refractivity contribution in [3.63, 3.8) is 0 Å². The van der Waals surface area contributed by atoms with E-state index in [-0.39, 0.29) is 23.7 Å². The van der Waals surface area contributed by atoms with Crippen molar-refractivity contribution in [1.82, 2.24) is 4.90 Å². The van der Waals surface area contributed by atoms with Gasteiger partial charge in [0.1, 0.15) is 0 Å². The first-order valence-electron chi connectivity index (χ1n) is 12.0. The predicted molar refractivity (Wildman–Crippen MR) is 120 cm³/mol. The lowest BCUT2D eigenvalue weighted by atomic mass is 9.69. The van der Waals surface area contributed by atoms with Gasteiger partial charge in [0.2, 0.25) is 5.91 Å². The second-order valence-electron chi connectivity index (χ2n) is 9.92. The van der Waals surface area contributed by atoms with Crippen LogP contribution in [0.15, 0.2) is 12.2 Å². The van der Waals surface area contributed by atoms with Crippen LogP contribution in [-0.4, -0.2) is 48.1 Å². The fourth-order valence-electron chi connectivity index (χ4n) is 5.13. The molecule has 2 fully saturated rings. The van der Waals surface area contributed by atoms with Crippen LogP contribution in [0, 0.1) is 29.6 Å². The lowest BCUT2D eigenvalue weighted by Crippen LogP contribution is -2.37. The van der Waals surface area contributed by atoms with Crippen molar-refractivity contribution < 1.29 is 24.2 Å². The summed E-state index contributed by atoms with van der Waals surface area (Å²) in [7, 11) is 1.90. The van der Waals surface area contributed by atoms with Crippen LogP contribution in [0.1, 0.15) is 78.1 Å². The van der Waals surface area contributed by atoms with Crippen molar-refractivity contribution in [1.29, 1.82) is 0 Å². The summed E-state index contributed by atoms with van der Waals surface area (Å²) in [5.41, 5.74) is 0.417. The van der Waals surface area contributed by atoms with Gasteiger partial charge in [0.15, 0.2) is 0 Å². The summed E-state index contributed by atoms with van der Waals surface area (Å²) in [5, 5.41) is 9.18. The molecule has 0 heterocycles. The van der Waals surface area contributed by atoms with Crippen LogP contribution in [0.25, 0.3) is 0 Å². The monoisotopic (exact) mass is 435 g/mol. The molecular weight excluding hydrogens is 394 g/mol. The van der Waals surface area contributed by atoms with E-state index in [2.05, 4.69) is 13.5 Å². The maximum absolute atomic E-state index is 12.9. The highest BCUT2D eigenvalue weighted by molar-refractivity contribution is 5.86. The number of hydrogen-bond acceptors (Lipinski definition) is 4. The van der Waals surface area contributed by atoms with E-state index in [9.17, 15) is 19.5 Å². The SMILES string of the molecule is C=C(C)C(=O)OCCC(C)CCN(C)C(=O)C1CCC(C2CCC(C(=O)O)CC2)CC1. The third-order valence-corrected chi connectivity index (χ3v) is 7.43. The van der Waals surface area contributed by atoms with Crippen LogP contribution in [0.4, 0.5) is 0 Å². The number of amides is 1. The Balaban J connectivity index is 1.64. The molecule has 0 aromatic carbocycles. The Morgan fingerprint density at radius 2 is 1.48 bits per heavy atom. The zero-order valence-electron chi connectivity index (χ0n) is 19.6. The van der Waals surface area contributed by atoms with Gasteiger partial charge in [-0.3, -0.25) is 9.59 Å². The quantitative estimate of drug-likeness (QED) is 0.398. The fourth-order valence-corrected chi connectivity index (χ4v) is 5.13. The van der Waals surface area contributed by atoms with Crippen molar-refractivity contribution in [2.75, 3.05) is 20.2 Å². The molecule has 0 radical (unpaired) electrons. The molecular formula is C25H41NO5. The minimum absolute atomic E-state index is 0.128. The van der Waals surface area contributed by atoms with Crippen molar-refractivity contribution in [3.05, 3.63) is 12.2 Å². The van der Waals surface area contributed by atoms with Gasteiger partial charge in [-0.05, 0) is 88.9 Å². The van der Waals surface area contributed by atoms with E-state index in [1.165, 1.54) is 0 Å². The van der Waals surface area contributed by atoms with Crippen LogP contribution >= 0.6 is 0 Å². The number of nitrogens with zero attached hydrogens (tertiary/aromatic N) is 1. The van der Waals surface area contributed by atoms with Crippen LogP contribution in [-0.2, 0) is 19.1 Å². The summed E-state index contributed by atoms with van der Waals surface area (Å²) in [4.78, 5) is 37.3. The van der Waals surface area contributed by atoms with E-state index in [4.69, 9.17) is 4.74 Å². The van der Waals surface area contributed by atoms with Crippen molar-refractivity contribution in [2.24, 2.45) is 29.6 Å². The Morgan fingerprint density at radius 1 is 0.968 bits per heavy atom. The Labute approximate surface area is 187 Å². The lowest BCUT2D eigenvalue weighted by molar-refractivity contribution is -0.143. The molecule has 31 heavy (non-hydrogen) atoms. The number of ether oxygens (including phenoxy) is 1. The van der Waals surface area contributed by atoms with Gasteiger partial charge in [-0.25, -0.2) is 4.79 Å². The van der Waals surface area contributed by atoms with E-state index >= 15 is 0 Å². The third-order valence-electron chi connectivity index (χ3n) is 7.43. The molecule has 2 aliphatic rings. The largest absolute Gasteiger partial charge is 0.481 e. The van der Waals surface area contributed by atoms with Crippen LogP contribution < -0.4 is 0 Å². The highest BCUT2D eigenvalue weighted by Crippen LogP contribution is 2.41. The van der Waals surface area contributed by atoms with Crippen molar-refractivity contribution in [3.8, 4) is 0 Å². The van der Waals surface area contributed by atoms with Gasteiger partial charge < -0.3 is 14.7 Å². The number of aliphatic carboxylic acids is 1. The molecule has 2 aliphatic carbocycles. The number of hydrogen-bond donors (Lipinski definition) is 1. The minimum Gasteiger partial charge on any atom is -0.481 e. The molecule has 1 unspecified atom stereocenters. The molecule has 0 aliphatic heterocycles. The van der Waals surface area contributed by atoms with Crippen LogP contribution in [0.5, 0.6) is 0 Å². The Morgan fingerprint density at radius 3 is 1.97 bits per heavy atom. The average Bonchev–Trinajstić information content (AvgIpc) is 2.77. The highest BCUT2D eigenvalue weighted by Gasteiger charge is 2.35. The van der Waals surface area contributed by atoms with Crippen molar-refractivity contribution >= 4 is 17.8 Å². The Kier molecular flexibility index (Phi) is 10.0. The maximum atomic E-state index is 12.9. The zero-order valence-corrected chi connectivity index (χ0v) is 19.6. The van der Waals surface area contributed by atoms with E-state index in [1.54, 1.807) is 6.92 Å². The molecule has 0 aromatic rings. The summed E-state index contributed by atoms with van der Waals surface area (Å²) in [6.07, 6.45) is 9.47. The normalized spacial score (nSPS) is 27.2. The van der Waals surface area contributed by atoms with Gasteiger partial charge in [-0.1, -0.05) is 13.5 Å². The third kappa shape index (κ3) is 7.97. The molecule has 2 rings (SSSR count). The number of carbonyl (C=O) groups excluding carboxylic acids is 2. The molecule has 0 saturated heterocycles. The standard InChI is InChI=1S/C25H41NO5/c1-17(2)25(30)31-16-14-18(3)13-15-26(4)23(27)21-9-5-19(6-10-21)20-7-11-22(12-8-20)24(28)29/h18-22H,1,5-16H2,2-4H3,(H,28,29). The number of rotatable bonds is 10. The molecule has 1 atom stereocenters. The molecule has 2 saturated carbocycles. The van der Waals surface area contributed by atoms with Crippen LogP contribution in [0.2, 0.25) is 0 Å². The Bertz CT molecular complexity index is 630. The second kappa shape index (κ2) is 12.3. The fraction of sp³-hybridized carbons (Fsp3) is 0.800. The van der Waals surface area contributed by atoms with Gasteiger partial charge in [0.25, 0.3) is 0 Å². The van der Waals surface area contributed by atoms with E-state index in [0.717, 1.165) is 70.8 Å². The molecule has 0 aromatic heterocycles. The van der Waals surface area contributed by atoms with Gasteiger partial charge >= 0.3 is 11.9 Å². The van der Waals surface area contributed by atoms with Gasteiger partial charge in [-0.15, -0.1) is 0 Å². The lowest BCUT2D eigenvalue weighted by Gasteiger charge is -2.37. The predicted octanol–water partition coefficient (Wildman–Crippen LogP) is 4.68. The number of esters is 1. The van der Waals surface area contributed by atoms with E-state index in [0.29, 0.717) is 29.9 Å². The topological polar surface area (TPSA) is 83.9 Å². The molecule has 6 nitrogen and oxygen atoms in total. The van der Waals surface area contributed by atoms with E-state index in [1.807, 2.05) is 11.9 Å². The first kappa shape index (κ1) is 25.4. The maximum Gasteiger partial charge on any atom is 0.333 e. The van der Waals surface area contributed by atoms with Crippen LogP contribution in [0.3, 0.4) is 0 Å². The first-order valence-corrected chi connectivity index (χ1v) is 12.0. The van der Waals surface area contributed by atoms with Gasteiger partial charge in [0.05, 0.1) is 12.5 Å². The summed E-state index contributed by atoms with van der Waals surface area (Å²) >= 11 is 0. The number of carboxylic acids is 1. The summed E-state index contributed by atoms with van der Waals surface area (Å²) in [6.45, 7) is 8.46. The molecule has 176 valence electrons. The molecule has 0 bridgehead atoms. The molecule has 6 heteroatoms. The summed E-state index contributed by atoms with van der Waals surface area (Å²) < 4.78 is 5.15. The first-order chi connectivity index (χ1) is 14.7. The average molecular weight is 436 g/mol. The molecule has 1 N–H and O–H groups in total. The molecule has 1 amide bonds. The van der Waals surface area contributed by atoms with Crippen molar-refractivity contribution in [2.45, 2.75) is 78.1 Å². The second-order valence-corrected chi connectivity index (χ2v) is 9.92. The summed E-state index contributed by atoms with van der Waals surface area (Å²) in [5.74, 6) is 0.934. The Hall–Kier alpha value is -1.85. The highest BCUT2D eigenvalue weighted by atomic mass is 16.5. The summed E-state index contributed by atoms with van der Waals surface area (Å²) in [6, 6.07) is 0. The number of carboxylic acid groups (broad SMARTS) is 1.